The first-order valence-electron chi connectivity index (χ1n) is 10.4. The molecule has 0 spiro atoms. The van der Waals surface area contributed by atoms with Crippen LogP contribution in [0.4, 0.5) is 14.5 Å². The number of benzene rings is 3. The molecule has 0 unspecified atom stereocenters. The summed E-state index contributed by atoms with van der Waals surface area (Å²) in [5.41, 5.74) is 2.73. The molecule has 0 saturated carbocycles. The number of nitrogens with zero attached hydrogens (tertiary/aromatic N) is 3. The van der Waals surface area contributed by atoms with E-state index in [1.54, 1.807) is 4.90 Å². The number of hydrogen-bond donors (Lipinski definition) is 0. The molecule has 0 atom stereocenters. The SMILES string of the molecule is Cc1ccc2c(c1)Oc1ccccc1C(N1CCN(C(=O)c3cc(F)cc(F)c3)CC1)=N2. The highest BCUT2D eigenvalue weighted by molar-refractivity contribution is 6.04. The van der Waals surface area contributed by atoms with E-state index in [1.807, 2.05) is 49.4 Å². The van der Waals surface area contributed by atoms with Gasteiger partial charge in [-0.3, -0.25) is 4.79 Å². The molecule has 0 aromatic heterocycles. The summed E-state index contributed by atoms with van der Waals surface area (Å²) >= 11 is 0. The summed E-state index contributed by atoms with van der Waals surface area (Å²) in [5.74, 6) is 0.317. The molecule has 1 fully saturated rings. The fourth-order valence-electron chi connectivity index (χ4n) is 4.05. The fourth-order valence-corrected chi connectivity index (χ4v) is 4.05. The summed E-state index contributed by atoms with van der Waals surface area (Å²) in [6, 6.07) is 16.6. The Labute approximate surface area is 184 Å². The Morgan fingerprint density at radius 3 is 2.38 bits per heavy atom. The van der Waals surface area contributed by atoms with Crippen LogP contribution >= 0.6 is 0 Å². The molecule has 1 saturated heterocycles. The number of fused-ring (bicyclic) bond motifs is 2. The Morgan fingerprint density at radius 2 is 1.62 bits per heavy atom. The Morgan fingerprint density at radius 1 is 0.906 bits per heavy atom. The zero-order valence-corrected chi connectivity index (χ0v) is 17.5. The number of carbonyl (C=O) groups excluding carboxylic acids is 1. The number of amides is 1. The molecule has 7 heteroatoms. The topological polar surface area (TPSA) is 45.1 Å². The second-order valence-electron chi connectivity index (χ2n) is 7.94. The third-order valence-corrected chi connectivity index (χ3v) is 5.67. The van der Waals surface area contributed by atoms with E-state index in [9.17, 15) is 13.6 Å². The molecule has 5 nitrogen and oxygen atoms in total. The fraction of sp³-hybridized carbons (Fsp3) is 0.200. The minimum Gasteiger partial charge on any atom is -0.454 e. The van der Waals surface area contributed by atoms with Crippen molar-refractivity contribution in [2.24, 2.45) is 4.99 Å². The Hall–Kier alpha value is -3.74. The summed E-state index contributed by atoms with van der Waals surface area (Å²) in [7, 11) is 0. The van der Waals surface area contributed by atoms with E-state index in [-0.39, 0.29) is 11.5 Å². The summed E-state index contributed by atoms with van der Waals surface area (Å²) < 4.78 is 33.2. The lowest BCUT2D eigenvalue weighted by molar-refractivity contribution is 0.0691. The van der Waals surface area contributed by atoms with Crippen LogP contribution in [0.3, 0.4) is 0 Å². The normalized spacial score (nSPS) is 15.3. The lowest BCUT2D eigenvalue weighted by atomic mass is 10.1. The van der Waals surface area contributed by atoms with Gasteiger partial charge in [0, 0.05) is 37.8 Å². The molecule has 5 rings (SSSR count). The number of hydrogen-bond acceptors (Lipinski definition) is 4. The van der Waals surface area contributed by atoms with Gasteiger partial charge in [0.05, 0.1) is 5.56 Å². The van der Waals surface area contributed by atoms with Gasteiger partial charge in [-0.15, -0.1) is 0 Å². The van der Waals surface area contributed by atoms with Crippen molar-refractivity contribution in [1.29, 1.82) is 0 Å². The summed E-state index contributed by atoms with van der Waals surface area (Å²) in [5, 5.41) is 0. The van der Waals surface area contributed by atoms with E-state index < -0.39 is 11.6 Å². The Balaban J connectivity index is 1.41. The first-order chi connectivity index (χ1) is 15.5. The number of carbonyl (C=O) groups is 1. The minimum atomic E-state index is -0.759. The predicted octanol–water partition coefficient (Wildman–Crippen LogP) is 4.92. The van der Waals surface area contributed by atoms with Crippen molar-refractivity contribution in [1.82, 2.24) is 9.80 Å². The smallest absolute Gasteiger partial charge is 0.254 e. The van der Waals surface area contributed by atoms with Crippen molar-refractivity contribution in [3.8, 4) is 11.5 Å². The number of halogens is 2. The molecule has 162 valence electrons. The van der Waals surface area contributed by atoms with Crippen LogP contribution in [0.15, 0.2) is 65.7 Å². The van der Waals surface area contributed by atoms with E-state index in [1.165, 1.54) is 0 Å². The first-order valence-corrected chi connectivity index (χ1v) is 10.4. The minimum absolute atomic E-state index is 0.0193. The standard InChI is InChI=1S/C25H21F2N3O2/c1-16-6-7-21-23(12-16)32-22-5-3-2-4-20(22)24(28-21)29-8-10-30(11-9-29)25(31)17-13-18(26)15-19(27)14-17/h2-7,12-15H,8-11H2,1H3. The van der Waals surface area contributed by atoms with Crippen molar-refractivity contribution < 1.29 is 18.3 Å². The van der Waals surface area contributed by atoms with E-state index in [0.29, 0.717) is 31.9 Å². The Bertz CT molecular complexity index is 1210. The third-order valence-electron chi connectivity index (χ3n) is 5.67. The summed E-state index contributed by atoms with van der Waals surface area (Å²) in [4.78, 5) is 21.4. The lowest BCUT2D eigenvalue weighted by Crippen LogP contribution is -2.50. The van der Waals surface area contributed by atoms with Crippen LogP contribution in [-0.2, 0) is 0 Å². The highest BCUT2D eigenvalue weighted by atomic mass is 19.1. The maximum atomic E-state index is 13.5. The predicted molar refractivity (Wildman–Crippen MR) is 118 cm³/mol. The molecule has 2 aliphatic heterocycles. The van der Waals surface area contributed by atoms with Crippen LogP contribution in [0.1, 0.15) is 21.5 Å². The number of rotatable bonds is 1. The average molecular weight is 433 g/mol. The molecular weight excluding hydrogens is 412 g/mol. The summed E-state index contributed by atoms with van der Waals surface area (Å²) in [6.07, 6.45) is 0. The van der Waals surface area contributed by atoms with Crippen LogP contribution in [0.2, 0.25) is 0 Å². The van der Waals surface area contributed by atoms with Crippen LogP contribution in [0, 0.1) is 18.6 Å². The molecule has 32 heavy (non-hydrogen) atoms. The third kappa shape index (κ3) is 3.82. The number of para-hydroxylation sites is 1. The molecule has 0 N–H and O–H groups in total. The molecule has 3 aromatic carbocycles. The van der Waals surface area contributed by atoms with Crippen molar-refractivity contribution in [2.45, 2.75) is 6.92 Å². The van der Waals surface area contributed by atoms with Gasteiger partial charge in [-0.25, -0.2) is 13.8 Å². The van der Waals surface area contributed by atoms with Crippen LogP contribution in [0.5, 0.6) is 11.5 Å². The molecule has 1 amide bonds. The average Bonchev–Trinajstić information content (AvgIpc) is 2.94. The maximum absolute atomic E-state index is 13.5. The van der Waals surface area contributed by atoms with Gasteiger partial charge in [0.2, 0.25) is 0 Å². The Kier molecular flexibility index (Phi) is 5.09. The van der Waals surface area contributed by atoms with Gasteiger partial charge in [-0.05, 0) is 48.9 Å². The molecule has 0 bridgehead atoms. The maximum Gasteiger partial charge on any atom is 0.254 e. The van der Waals surface area contributed by atoms with Gasteiger partial charge in [-0.2, -0.15) is 0 Å². The van der Waals surface area contributed by atoms with Gasteiger partial charge in [0.25, 0.3) is 5.91 Å². The number of amidine groups is 1. The highest BCUT2D eigenvalue weighted by Crippen LogP contribution is 2.38. The van der Waals surface area contributed by atoms with Crippen molar-refractivity contribution in [3.63, 3.8) is 0 Å². The van der Waals surface area contributed by atoms with E-state index in [2.05, 4.69) is 4.90 Å². The molecular formula is C25H21F2N3O2. The molecule has 0 radical (unpaired) electrons. The van der Waals surface area contributed by atoms with Crippen molar-refractivity contribution in [2.75, 3.05) is 26.2 Å². The quantitative estimate of drug-likeness (QED) is 0.548. The van der Waals surface area contributed by atoms with Gasteiger partial charge in [0.15, 0.2) is 5.75 Å². The van der Waals surface area contributed by atoms with Gasteiger partial charge < -0.3 is 14.5 Å². The van der Waals surface area contributed by atoms with Crippen molar-refractivity contribution in [3.05, 3.63) is 89.0 Å². The van der Waals surface area contributed by atoms with Crippen LogP contribution < -0.4 is 4.74 Å². The molecule has 0 aliphatic carbocycles. The second kappa shape index (κ2) is 8.07. The largest absolute Gasteiger partial charge is 0.454 e. The van der Waals surface area contributed by atoms with Crippen LogP contribution in [0.25, 0.3) is 0 Å². The van der Waals surface area contributed by atoms with Gasteiger partial charge in [0.1, 0.15) is 28.9 Å². The number of piperazine rings is 1. The van der Waals surface area contributed by atoms with Crippen molar-refractivity contribution >= 4 is 17.4 Å². The molecule has 3 aromatic rings. The number of ether oxygens (including phenoxy) is 1. The molecule has 2 aliphatic rings. The summed E-state index contributed by atoms with van der Waals surface area (Å²) in [6.45, 7) is 3.92. The van der Waals surface area contributed by atoms with E-state index in [4.69, 9.17) is 9.73 Å². The zero-order valence-electron chi connectivity index (χ0n) is 17.5. The number of aliphatic imine (C=N–C) groups is 1. The number of aryl methyl sites for hydroxylation is 1. The second-order valence-corrected chi connectivity index (χ2v) is 7.94. The van der Waals surface area contributed by atoms with Gasteiger partial charge >= 0.3 is 0 Å². The zero-order chi connectivity index (χ0) is 22.2. The lowest BCUT2D eigenvalue weighted by Gasteiger charge is -2.36. The van der Waals surface area contributed by atoms with Gasteiger partial charge in [-0.1, -0.05) is 18.2 Å². The molecule has 2 heterocycles. The highest BCUT2D eigenvalue weighted by Gasteiger charge is 2.28. The monoisotopic (exact) mass is 433 g/mol. The van der Waals surface area contributed by atoms with E-state index >= 15 is 0 Å². The first kappa shape index (κ1) is 20.2. The van der Waals surface area contributed by atoms with Crippen LogP contribution in [-0.4, -0.2) is 47.7 Å². The van der Waals surface area contributed by atoms with E-state index in [0.717, 1.165) is 46.6 Å².